The fraction of sp³-hybridized carbons (Fsp3) is 0.200. The number of nitrogens with zero attached hydrogens (tertiary/aromatic N) is 2. The van der Waals surface area contributed by atoms with Gasteiger partial charge >= 0.3 is 11.9 Å². The van der Waals surface area contributed by atoms with E-state index in [1.807, 2.05) is 18.2 Å². The molecule has 2 N–H and O–H groups in total. The molecule has 1 aliphatic heterocycles. The molecule has 29 heavy (non-hydrogen) atoms. The average Bonchev–Trinajstić information content (AvgIpc) is 2.74. The summed E-state index contributed by atoms with van der Waals surface area (Å²) in [5.74, 6) is -4.52. The van der Waals surface area contributed by atoms with Gasteiger partial charge in [0.2, 0.25) is 0 Å². The van der Waals surface area contributed by atoms with Crippen LogP contribution in [0.5, 0.6) is 0 Å². The van der Waals surface area contributed by atoms with Gasteiger partial charge in [-0.05, 0) is 24.3 Å². The summed E-state index contributed by atoms with van der Waals surface area (Å²) in [5.41, 5.74) is 0.719. The summed E-state index contributed by atoms with van der Waals surface area (Å²) >= 11 is 0. The van der Waals surface area contributed by atoms with E-state index in [1.165, 1.54) is 12.1 Å². The Balaban J connectivity index is 0.000000438. The fourth-order valence-corrected chi connectivity index (χ4v) is 2.68. The zero-order valence-corrected chi connectivity index (χ0v) is 15.3. The van der Waals surface area contributed by atoms with E-state index in [0.717, 1.165) is 0 Å². The lowest BCUT2D eigenvalue weighted by atomic mass is 10.1. The highest BCUT2D eigenvalue weighted by molar-refractivity contribution is 6.27. The van der Waals surface area contributed by atoms with Crippen molar-refractivity contribution in [1.29, 1.82) is 0 Å². The second-order valence-electron chi connectivity index (χ2n) is 6.04. The molecule has 1 aliphatic rings. The second-order valence-corrected chi connectivity index (χ2v) is 6.04. The monoisotopic (exact) mass is 402 g/mol. The smallest absolute Gasteiger partial charge is 0.414 e. The maximum absolute atomic E-state index is 13.7. The number of benzene rings is 2. The Morgan fingerprint density at radius 1 is 0.690 bits per heavy atom. The third kappa shape index (κ3) is 5.86. The van der Waals surface area contributed by atoms with Crippen LogP contribution in [0, 0.1) is 5.82 Å². The molecule has 1 heterocycles. The number of halogens is 1. The molecule has 0 unspecified atom stereocenters. The van der Waals surface area contributed by atoms with E-state index in [-0.39, 0.29) is 17.4 Å². The molecule has 1 saturated heterocycles. The molecule has 0 aromatic heterocycles. The van der Waals surface area contributed by atoms with Crippen molar-refractivity contribution >= 4 is 23.8 Å². The lowest BCUT2D eigenvalue weighted by Gasteiger charge is -2.34. The standard InChI is InChI=1S/C18H17FN2O2.C2H2O4/c19-16-9-5-4-8-15(16)18(23)21-12-10-20(11-13-21)17(22)14-6-2-1-3-7-14;3-1(4)2(5)6/h1-9H,10-13H2;(H,3,4)(H,5,6). The summed E-state index contributed by atoms with van der Waals surface area (Å²) in [6.45, 7) is 1.72. The Labute approximate surface area is 165 Å². The minimum atomic E-state index is -1.82. The van der Waals surface area contributed by atoms with Gasteiger partial charge in [0, 0.05) is 31.7 Å². The second kappa shape index (κ2) is 9.98. The maximum Gasteiger partial charge on any atom is 0.414 e. The highest BCUT2D eigenvalue weighted by Crippen LogP contribution is 2.14. The van der Waals surface area contributed by atoms with Crippen LogP contribution in [0.15, 0.2) is 54.6 Å². The molecule has 1 fully saturated rings. The van der Waals surface area contributed by atoms with Crippen LogP contribution >= 0.6 is 0 Å². The SMILES string of the molecule is O=C(O)C(=O)O.O=C(c1ccccc1)N1CCN(C(=O)c2ccccc2F)CC1. The quantitative estimate of drug-likeness (QED) is 0.737. The van der Waals surface area contributed by atoms with Gasteiger partial charge in [-0.2, -0.15) is 0 Å². The molecule has 0 bridgehead atoms. The number of carboxylic acid groups (broad SMARTS) is 2. The lowest BCUT2D eigenvalue weighted by molar-refractivity contribution is -0.159. The molecular formula is C20H19FN2O6. The Morgan fingerprint density at radius 2 is 1.14 bits per heavy atom. The van der Waals surface area contributed by atoms with E-state index < -0.39 is 17.8 Å². The molecule has 2 amide bonds. The maximum atomic E-state index is 13.7. The van der Waals surface area contributed by atoms with Crippen molar-refractivity contribution in [1.82, 2.24) is 9.80 Å². The van der Waals surface area contributed by atoms with Gasteiger partial charge in [-0.3, -0.25) is 9.59 Å². The Hall–Kier alpha value is -3.75. The van der Waals surface area contributed by atoms with Gasteiger partial charge in [0.15, 0.2) is 0 Å². The van der Waals surface area contributed by atoms with Gasteiger partial charge in [0.05, 0.1) is 5.56 Å². The first-order valence-corrected chi connectivity index (χ1v) is 8.65. The molecule has 2 aromatic carbocycles. The number of carboxylic acids is 2. The molecule has 8 nitrogen and oxygen atoms in total. The summed E-state index contributed by atoms with van der Waals surface area (Å²) < 4.78 is 13.7. The molecule has 0 aliphatic carbocycles. The molecule has 9 heteroatoms. The first kappa shape index (κ1) is 21.5. The molecule has 3 rings (SSSR count). The van der Waals surface area contributed by atoms with Gasteiger partial charge in [0.1, 0.15) is 5.82 Å². The zero-order chi connectivity index (χ0) is 21.4. The fourth-order valence-electron chi connectivity index (χ4n) is 2.68. The van der Waals surface area contributed by atoms with E-state index >= 15 is 0 Å². The third-order valence-electron chi connectivity index (χ3n) is 4.16. The van der Waals surface area contributed by atoms with Crippen molar-refractivity contribution in [3.63, 3.8) is 0 Å². The van der Waals surface area contributed by atoms with Gasteiger partial charge < -0.3 is 20.0 Å². The van der Waals surface area contributed by atoms with Crippen molar-refractivity contribution in [3.05, 3.63) is 71.5 Å². The largest absolute Gasteiger partial charge is 0.473 e. The normalized spacial score (nSPS) is 13.1. The van der Waals surface area contributed by atoms with Crippen LogP contribution < -0.4 is 0 Å². The average molecular weight is 402 g/mol. The minimum absolute atomic E-state index is 0.0383. The van der Waals surface area contributed by atoms with Crippen LogP contribution in [0.1, 0.15) is 20.7 Å². The van der Waals surface area contributed by atoms with Crippen molar-refractivity contribution in [2.45, 2.75) is 0 Å². The van der Waals surface area contributed by atoms with Crippen molar-refractivity contribution in [2.75, 3.05) is 26.2 Å². The minimum Gasteiger partial charge on any atom is -0.473 e. The number of carbonyl (C=O) groups is 4. The van der Waals surface area contributed by atoms with Gasteiger partial charge in [-0.25, -0.2) is 14.0 Å². The first-order valence-electron chi connectivity index (χ1n) is 8.65. The van der Waals surface area contributed by atoms with Gasteiger partial charge in [0.25, 0.3) is 11.8 Å². The van der Waals surface area contributed by atoms with Crippen molar-refractivity contribution in [2.24, 2.45) is 0 Å². The van der Waals surface area contributed by atoms with Crippen LogP contribution in [-0.2, 0) is 9.59 Å². The molecule has 0 radical (unpaired) electrons. The topological polar surface area (TPSA) is 115 Å². The number of rotatable bonds is 2. The Morgan fingerprint density at radius 3 is 1.62 bits per heavy atom. The van der Waals surface area contributed by atoms with Crippen LogP contribution in [0.3, 0.4) is 0 Å². The predicted octanol–water partition coefficient (Wildman–Crippen LogP) is 1.58. The van der Waals surface area contributed by atoms with Crippen LogP contribution in [0.4, 0.5) is 4.39 Å². The van der Waals surface area contributed by atoms with Crippen LogP contribution in [0.25, 0.3) is 0 Å². The summed E-state index contributed by atoms with van der Waals surface area (Å²) in [4.78, 5) is 46.2. The van der Waals surface area contributed by atoms with Crippen molar-refractivity contribution < 1.29 is 33.8 Å². The molecule has 0 saturated carbocycles. The Kier molecular flexibility index (Phi) is 7.41. The summed E-state index contributed by atoms with van der Waals surface area (Å²) in [7, 11) is 0. The summed E-state index contributed by atoms with van der Waals surface area (Å²) in [6.07, 6.45) is 0. The highest BCUT2D eigenvalue weighted by atomic mass is 19.1. The van der Waals surface area contributed by atoms with E-state index in [0.29, 0.717) is 31.7 Å². The number of carbonyl (C=O) groups excluding carboxylic acids is 2. The first-order chi connectivity index (χ1) is 13.8. The molecule has 152 valence electrons. The van der Waals surface area contributed by atoms with Crippen molar-refractivity contribution in [3.8, 4) is 0 Å². The number of aliphatic carboxylic acids is 2. The van der Waals surface area contributed by atoms with E-state index in [2.05, 4.69) is 0 Å². The summed E-state index contributed by atoms with van der Waals surface area (Å²) in [6, 6.07) is 15.0. The molecular weight excluding hydrogens is 383 g/mol. The molecule has 0 spiro atoms. The van der Waals surface area contributed by atoms with Crippen LogP contribution in [0.2, 0.25) is 0 Å². The van der Waals surface area contributed by atoms with E-state index in [4.69, 9.17) is 19.8 Å². The van der Waals surface area contributed by atoms with Gasteiger partial charge in [-0.1, -0.05) is 30.3 Å². The zero-order valence-electron chi connectivity index (χ0n) is 15.3. The van der Waals surface area contributed by atoms with Gasteiger partial charge in [-0.15, -0.1) is 0 Å². The summed E-state index contributed by atoms with van der Waals surface area (Å²) in [5, 5.41) is 14.8. The molecule has 2 aromatic rings. The number of hydrogen-bond donors (Lipinski definition) is 2. The van der Waals surface area contributed by atoms with E-state index in [1.54, 1.807) is 34.1 Å². The Bertz CT molecular complexity index is 883. The lowest BCUT2D eigenvalue weighted by Crippen LogP contribution is -2.50. The molecule has 0 atom stereocenters. The number of hydrogen-bond acceptors (Lipinski definition) is 4. The van der Waals surface area contributed by atoms with E-state index in [9.17, 15) is 14.0 Å². The highest BCUT2D eigenvalue weighted by Gasteiger charge is 2.26. The predicted molar refractivity (Wildman–Crippen MR) is 99.9 cm³/mol. The number of piperazine rings is 1. The number of amides is 2. The third-order valence-corrected chi connectivity index (χ3v) is 4.16. The van der Waals surface area contributed by atoms with Crippen LogP contribution in [-0.4, -0.2) is 69.9 Å².